The number of methoxy groups -OCH3 is 2. The van der Waals surface area contributed by atoms with Crippen LogP contribution in [0, 0.1) is 11.8 Å². The van der Waals surface area contributed by atoms with Gasteiger partial charge in [-0.05, 0) is 31.1 Å². The zero-order valence-corrected chi connectivity index (χ0v) is 12.3. The third-order valence-corrected chi connectivity index (χ3v) is 4.21. The number of rotatable bonds is 5. The van der Waals surface area contributed by atoms with E-state index in [-0.39, 0.29) is 31.1 Å². The molecule has 0 aliphatic heterocycles. The third kappa shape index (κ3) is 4.82. The van der Waals surface area contributed by atoms with Gasteiger partial charge in [-0.15, -0.1) is 0 Å². The van der Waals surface area contributed by atoms with Crippen LogP contribution in [-0.4, -0.2) is 50.2 Å². The molecule has 110 valence electrons. The molecule has 3 unspecified atom stereocenters. The zero-order chi connectivity index (χ0) is 14.4. The minimum Gasteiger partial charge on any atom is -0.468 e. The Hall–Kier alpha value is -1.10. The quantitative estimate of drug-likeness (QED) is 0.709. The first-order chi connectivity index (χ1) is 8.97. The van der Waals surface area contributed by atoms with Crippen LogP contribution in [0.3, 0.4) is 0 Å². The Bertz CT molecular complexity index is 301. The Morgan fingerprint density at radius 1 is 1.00 bits per heavy atom. The summed E-state index contributed by atoms with van der Waals surface area (Å²) in [6.45, 7) is 4.78. The Morgan fingerprint density at radius 2 is 1.53 bits per heavy atom. The Balaban J connectivity index is 2.66. The van der Waals surface area contributed by atoms with Gasteiger partial charge in [0.1, 0.15) is 0 Å². The van der Waals surface area contributed by atoms with Gasteiger partial charge in [-0.25, -0.2) is 0 Å². The smallest absolute Gasteiger partial charge is 0.319 e. The van der Waals surface area contributed by atoms with Gasteiger partial charge in [-0.2, -0.15) is 0 Å². The predicted octanol–water partition coefficient (Wildman–Crippen LogP) is 1.46. The number of hydrogen-bond donors (Lipinski definition) is 0. The molecule has 1 saturated carbocycles. The molecule has 5 heteroatoms. The highest BCUT2D eigenvalue weighted by molar-refractivity contribution is 5.74. The molecule has 1 fully saturated rings. The fourth-order valence-corrected chi connectivity index (χ4v) is 2.63. The van der Waals surface area contributed by atoms with Crippen LogP contribution in [0.2, 0.25) is 0 Å². The molecular weight excluding hydrogens is 246 g/mol. The Kier molecular flexibility index (Phi) is 6.28. The number of carbonyl (C=O) groups is 2. The average Bonchev–Trinajstić information content (AvgIpc) is 2.40. The van der Waals surface area contributed by atoms with E-state index in [9.17, 15) is 9.59 Å². The highest BCUT2D eigenvalue weighted by Crippen LogP contribution is 2.32. The van der Waals surface area contributed by atoms with Crippen LogP contribution in [0.25, 0.3) is 0 Å². The van der Waals surface area contributed by atoms with Gasteiger partial charge in [0.15, 0.2) is 0 Å². The van der Waals surface area contributed by atoms with E-state index in [1.807, 2.05) is 4.90 Å². The van der Waals surface area contributed by atoms with Gasteiger partial charge in [0.25, 0.3) is 0 Å². The minimum atomic E-state index is -0.310. The molecule has 1 aliphatic carbocycles. The van der Waals surface area contributed by atoms with Crippen LogP contribution >= 0.6 is 0 Å². The van der Waals surface area contributed by atoms with Gasteiger partial charge in [0, 0.05) is 6.04 Å². The van der Waals surface area contributed by atoms with E-state index in [4.69, 9.17) is 9.47 Å². The molecule has 0 bridgehead atoms. The molecule has 5 nitrogen and oxygen atoms in total. The summed E-state index contributed by atoms with van der Waals surface area (Å²) in [5, 5.41) is 0. The summed E-state index contributed by atoms with van der Waals surface area (Å²) in [5.41, 5.74) is 0. The minimum absolute atomic E-state index is 0.150. The van der Waals surface area contributed by atoms with Gasteiger partial charge in [-0.1, -0.05) is 13.8 Å². The summed E-state index contributed by atoms with van der Waals surface area (Å²) in [4.78, 5) is 24.8. The molecule has 0 aromatic heterocycles. The lowest BCUT2D eigenvalue weighted by Crippen LogP contribution is -2.45. The summed E-state index contributed by atoms with van der Waals surface area (Å²) in [6.07, 6.45) is 3.15. The maximum Gasteiger partial charge on any atom is 0.319 e. The first-order valence-electron chi connectivity index (χ1n) is 6.85. The van der Waals surface area contributed by atoms with E-state index in [2.05, 4.69) is 13.8 Å². The fraction of sp³-hybridized carbons (Fsp3) is 0.857. The van der Waals surface area contributed by atoms with Crippen molar-refractivity contribution in [3.05, 3.63) is 0 Å². The van der Waals surface area contributed by atoms with Crippen molar-refractivity contribution in [2.75, 3.05) is 27.3 Å². The lowest BCUT2D eigenvalue weighted by molar-refractivity contribution is -0.147. The molecule has 0 aromatic carbocycles. The highest BCUT2D eigenvalue weighted by Gasteiger charge is 2.31. The Morgan fingerprint density at radius 3 is 1.95 bits per heavy atom. The molecule has 0 saturated heterocycles. The van der Waals surface area contributed by atoms with Crippen LogP contribution in [0.5, 0.6) is 0 Å². The van der Waals surface area contributed by atoms with Crippen molar-refractivity contribution < 1.29 is 19.1 Å². The van der Waals surface area contributed by atoms with Crippen molar-refractivity contribution in [1.29, 1.82) is 0 Å². The fourth-order valence-electron chi connectivity index (χ4n) is 2.63. The lowest BCUT2D eigenvalue weighted by atomic mass is 9.78. The van der Waals surface area contributed by atoms with Crippen LogP contribution in [0.1, 0.15) is 33.1 Å². The van der Waals surface area contributed by atoms with Crippen LogP contribution in [-0.2, 0) is 19.1 Å². The topological polar surface area (TPSA) is 55.8 Å². The number of ether oxygens (including phenoxy) is 2. The van der Waals surface area contributed by atoms with E-state index in [0.717, 1.165) is 19.3 Å². The van der Waals surface area contributed by atoms with Crippen LogP contribution in [0.15, 0.2) is 0 Å². The van der Waals surface area contributed by atoms with E-state index in [1.54, 1.807) is 0 Å². The summed E-state index contributed by atoms with van der Waals surface area (Å²) >= 11 is 0. The number of nitrogens with zero attached hydrogens (tertiary/aromatic N) is 1. The molecule has 19 heavy (non-hydrogen) atoms. The first-order valence-corrected chi connectivity index (χ1v) is 6.85. The van der Waals surface area contributed by atoms with Crippen molar-refractivity contribution in [2.45, 2.75) is 39.2 Å². The second-order valence-corrected chi connectivity index (χ2v) is 5.48. The van der Waals surface area contributed by atoms with Gasteiger partial charge in [0.05, 0.1) is 27.3 Å². The zero-order valence-electron chi connectivity index (χ0n) is 12.3. The van der Waals surface area contributed by atoms with Crippen molar-refractivity contribution in [2.24, 2.45) is 11.8 Å². The largest absolute Gasteiger partial charge is 0.468 e. The number of carbonyl (C=O) groups excluding carboxylic acids is 2. The number of esters is 2. The first kappa shape index (κ1) is 16.0. The second-order valence-electron chi connectivity index (χ2n) is 5.48. The molecular formula is C14H25NO4. The summed E-state index contributed by atoms with van der Waals surface area (Å²) in [6, 6.07) is 0.254. The van der Waals surface area contributed by atoms with Gasteiger partial charge >= 0.3 is 11.9 Å². The predicted molar refractivity (Wildman–Crippen MR) is 71.6 cm³/mol. The summed E-state index contributed by atoms with van der Waals surface area (Å²) in [7, 11) is 2.73. The molecule has 0 spiro atoms. The molecule has 0 aromatic rings. The average molecular weight is 271 g/mol. The monoisotopic (exact) mass is 271 g/mol. The summed E-state index contributed by atoms with van der Waals surface area (Å²) in [5.74, 6) is 0.691. The molecule has 3 atom stereocenters. The van der Waals surface area contributed by atoms with Gasteiger partial charge in [-0.3, -0.25) is 14.5 Å². The van der Waals surface area contributed by atoms with E-state index in [1.165, 1.54) is 14.2 Å². The van der Waals surface area contributed by atoms with Gasteiger partial charge in [0.2, 0.25) is 0 Å². The van der Waals surface area contributed by atoms with Crippen LogP contribution < -0.4 is 0 Å². The van der Waals surface area contributed by atoms with E-state index < -0.39 is 0 Å². The molecule has 0 radical (unpaired) electrons. The van der Waals surface area contributed by atoms with Gasteiger partial charge < -0.3 is 9.47 Å². The van der Waals surface area contributed by atoms with Crippen molar-refractivity contribution in [3.63, 3.8) is 0 Å². The normalized spacial score (nSPS) is 27.1. The molecule has 0 heterocycles. The number of hydrogen-bond acceptors (Lipinski definition) is 5. The lowest BCUT2D eigenvalue weighted by Gasteiger charge is -2.38. The standard InChI is InChI=1S/C14H25NO4/c1-10-5-6-12(7-11(10)2)15(8-13(16)18-3)9-14(17)19-4/h10-12H,5-9H2,1-4H3. The van der Waals surface area contributed by atoms with Crippen molar-refractivity contribution in [3.8, 4) is 0 Å². The van der Waals surface area contributed by atoms with E-state index in [0.29, 0.717) is 11.8 Å². The second kappa shape index (κ2) is 7.48. The van der Waals surface area contributed by atoms with Crippen molar-refractivity contribution >= 4 is 11.9 Å². The Labute approximate surface area is 115 Å². The molecule has 1 aliphatic rings. The molecule has 0 N–H and O–H groups in total. The maximum absolute atomic E-state index is 11.5. The molecule has 0 amide bonds. The van der Waals surface area contributed by atoms with E-state index >= 15 is 0 Å². The van der Waals surface area contributed by atoms with Crippen LogP contribution in [0.4, 0.5) is 0 Å². The summed E-state index contributed by atoms with van der Waals surface area (Å²) < 4.78 is 9.40. The highest BCUT2D eigenvalue weighted by atomic mass is 16.5. The third-order valence-electron chi connectivity index (χ3n) is 4.21. The maximum atomic E-state index is 11.5. The SMILES string of the molecule is COC(=O)CN(CC(=O)OC)C1CCC(C)C(C)C1. The molecule has 1 rings (SSSR count). The van der Waals surface area contributed by atoms with Crippen molar-refractivity contribution in [1.82, 2.24) is 4.90 Å².